The average Bonchev–Trinajstić information content (AvgIpc) is 2.32. The fraction of sp³-hybridized carbons (Fsp3) is 0.615. The van der Waals surface area contributed by atoms with E-state index in [1.54, 1.807) is 0 Å². The highest BCUT2D eigenvalue weighted by atomic mass is 16.4. The molecule has 0 saturated heterocycles. The van der Waals surface area contributed by atoms with Crippen LogP contribution in [0.3, 0.4) is 0 Å². The number of carboxylic acids is 1. The molecular weight excluding hydrogens is 248 g/mol. The molecule has 19 heavy (non-hydrogen) atoms. The summed E-state index contributed by atoms with van der Waals surface area (Å²) in [7, 11) is 0. The van der Waals surface area contributed by atoms with Gasteiger partial charge < -0.3 is 5.11 Å². The van der Waals surface area contributed by atoms with Gasteiger partial charge in [0.25, 0.3) is 5.56 Å². The first kappa shape index (κ1) is 13.6. The van der Waals surface area contributed by atoms with Crippen molar-refractivity contribution >= 4 is 5.97 Å². The largest absolute Gasteiger partial charge is 0.477 e. The summed E-state index contributed by atoms with van der Waals surface area (Å²) in [6.45, 7) is 4.31. The molecule has 0 aliphatic heterocycles. The number of rotatable bonds is 2. The molecule has 0 bridgehead atoms. The van der Waals surface area contributed by atoms with Gasteiger partial charge in [0.1, 0.15) is 5.56 Å². The third-order valence-electron chi connectivity index (χ3n) is 4.16. The molecule has 1 aliphatic carbocycles. The number of H-pyrrole nitrogens is 1. The maximum Gasteiger partial charge on any atom is 0.342 e. The van der Waals surface area contributed by atoms with E-state index in [4.69, 9.17) is 5.11 Å². The third-order valence-corrected chi connectivity index (χ3v) is 4.16. The molecule has 6 nitrogen and oxygen atoms in total. The monoisotopic (exact) mass is 266 g/mol. The summed E-state index contributed by atoms with van der Waals surface area (Å²) in [5, 5.41) is 8.94. The van der Waals surface area contributed by atoms with Crippen molar-refractivity contribution in [2.45, 2.75) is 39.2 Å². The number of carboxylic acid groups (broad SMARTS) is 1. The highest BCUT2D eigenvalue weighted by Gasteiger charge is 2.27. The average molecular weight is 266 g/mol. The number of carbonyl (C=O) groups is 1. The van der Waals surface area contributed by atoms with Crippen molar-refractivity contribution in [2.24, 2.45) is 11.8 Å². The molecule has 1 heterocycles. The van der Waals surface area contributed by atoms with Crippen molar-refractivity contribution in [3.8, 4) is 0 Å². The molecule has 1 aliphatic rings. The maximum atomic E-state index is 11.8. The second kappa shape index (κ2) is 5.03. The van der Waals surface area contributed by atoms with Crippen LogP contribution in [-0.2, 0) is 0 Å². The Kier molecular flexibility index (Phi) is 3.59. The normalized spacial score (nSPS) is 27.2. The van der Waals surface area contributed by atoms with Gasteiger partial charge in [-0.2, -0.15) is 0 Å². The molecule has 1 fully saturated rings. The van der Waals surface area contributed by atoms with Crippen molar-refractivity contribution < 1.29 is 9.90 Å². The summed E-state index contributed by atoms with van der Waals surface area (Å²) >= 11 is 0. The molecule has 0 spiro atoms. The van der Waals surface area contributed by atoms with Gasteiger partial charge in [0.2, 0.25) is 0 Å². The number of hydrogen-bond acceptors (Lipinski definition) is 3. The fourth-order valence-corrected chi connectivity index (χ4v) is 2.68. The molecule has 0 radical (unpaired) electrons. The van der Waals surface area contributed by atoms with Crippen LogP contribution in [0.1, 0.15) is 49.5 Å². The lowest BCUT2D eigenvalue weighted by atomic mass is 9.79. The quantitative estimate of drug-likeness (QED) is 0.842. The van der Waals surface area contributed by atoms with E-state index in [-0.39, 0.29) is 11.6 Å². The predicted molar refractivity (Wildman–Crippen MR) is 69.5 cm³/mol. The highest BCUT2D eigenvalue weighted by Crippen LogP contribution is 2.35. The molecule has 3 unspecified atom stereocenters. The molecule has 3 atom stereocenters. The molecule has 2 rings (SSSR count). The second-order valence-corrected chi connectivity index (χ2v) is 5.44. The number of nitrogens with one attached hydrogen (secondary N) is 1. The summed E-state index contributed by atoms with van der Waals surface area (Å²) in [5.74, 6) is -0.230. The van der Waals surface area contributed by atoms with Crippen LogP contribution in [0.2, 0.25) is 0 Å². The summed E-state index contributed by atoms with van der Waals surface area (Å²) in [5.41, 5.74) is -1.75. The van der Waals surface area contributed by atoms with Crippen molar-refractivity contribution in [2.75, 3.05) is 0 Å². The second-order valence-electron chi connectivity index (χ2n) is 5.44. The number of nitrogens with zero attached hydrogens (tertiary/aromatic N) is 1. The van der Waals surface area contributed by atoms with Crippen molar-refractivity contribution in [1.29, 1.82) is 0 Å². The number of aromatic amines is 1. The van der Waals surface area contributed by atoms with E-state index in [2.05, 4.69) is 18.8 Å². The van der Waals surface area contributed by atoms with E-state index < -0.39 is 17.2 Å². The Bertz CT molecular complexity index is 601. The minimum atomic E-state index is -1.31. The smallest absolute Gasteiger partial charge is 0.342 e. The first-order valence-corrected chi connectivity index (χ1v) is 6.49. The van der Waals surface area contributed by atoms with Gasteiger partial charge >= 0.3 is 11.7 Å². The summed E-state index contributed by atoms with van der Waals surface area (Å²) in [6, 6.07) is -0.0337. The predicted octanol–water partition coefficient (Wildman–Crippen LogP) is 1.23. The van der Waals surface area contributed by atoms with Crippen LogP contribution >= 0.6 is 0 Å². The molecule has 2 N–H and O–H groups in total. The van der Waals surface area contributed by atoms with E-state index in [9.17, 15) is 14.4 Å². The zero-order valence-corrected chi connectivity index (χ0v) is 11.0. The number of aromatic nitrogens is 2. The topological polar surface area (TPSA) is 92.2 Å². The van der Waals surface area contributed by atoms with E-state index in [0.29, 0.717) is 11.8 Å². The SMILES string of the molecule is CC1CCC(n2cc(C(=O)O)c(=O)[nH]c2=O)CC1C. The minimum absolute atomic E-state index is 0.0337. The van der Waals surface area contributed by atoms with E-state index in [0.717, 1.165) is 19.3 Å². The van der Waals surface area contributed by atoms with Gasteiger partial charge in [-0.1, -0.05) is 13.8 Å². The van der Waals surface area contributed by atoms with Gasteiger partial charge in [-0.05, 0) is 31.1 Å². The van der Waals surface area contributed by atoms with Crippen LogP contribution in [0.4, 0.5) is 0 Å². The molecule has 1 aromatic rings. The Morgan fingerprint density at radius 3 is 2.58 bits per heavy atom. The van der Waals surface area contributed by atoms with Crippen LogP contribution in [0, 0.1) is 11.8 Å². The van der Waals surface area contributed by atoms with Crippen molar-refractivity contribution in [1.82, 2.24) is 9.55 Å². The Hall–Kier alpha value is -1.85. The van der Waals surface area contributed by atoms with Crippen LogP contribution in [-0.4, -0.2) is 20.6 Å². The Morgan fingerprint density at radius 1 is 1.32 bits per heavy atom. The van der Waals surface area contributed by atoms with Gasteiger partial charge in [0, 0.05) is 12.2 Å². The van der Waals surface area contributed by atoms with Crippen LogP contribution in [0.5, 0.6) is 0 Å². The standard InChI is InChI=1S/C13H18N2O4/c1-7-3-4-9(5-8(7)2)15-6-10(12(17)18)11(16)14-13(15)19/h6-9H,3-5H2,1-2H3,(H,17,18)(H,14,16,19). The Morgan fingerprint density at radius 2 is 2.00 bits per heavy atom. The van der Waals surface area contributed by atoms with E-state index >= 15 is 0 Å². The molecule has 0 aromatic carbocycles. The zero-order valence-electron chi connectivity index (χ0n) is 11.0. The molecule has 104 valence electrons. The molecule has 6 heteroatoms. The van der Waals surface area contributed by atoms with Gasteiger partial charge in [0.15, 0.2) is 0 Å². The minimum Gasteiger partial charge on any atom is -0.477 e. The molecule has 1 aromatic heterocycles. The number of hydrogen-bond donors (Lipinski definition) is 2. The lowest BCUT2D eigenvalue weighted by molar-refractivity contribution is 0.0693. The summed E-state index contributed by atoms with van der Waals surface area (Å²) in [4.78, 5) is 36.2. The van der Waals surface area contributed by atoms with Crippen LogP contribution < -0.4 is 11.2 Å². The fourth-order valence-electron chi connectivity index (χ4n) is 2.68. The summed E-state index contributed by atoms with van der Waals surface area (Å²) in [6.07, 6.45) is 3.83. The van der Waals surface area contributed by atoms with Crippen LogP contribution in [0.25, 0.3) is 0 Å². The Balaban J connectivity index is 2.40. The zero-order chi connectivity index (χ0) is 14.2. The van der Waals surface area contributed by atoms with E-state index in [1.165, 1.54) is 10.8 Å². The third kappa shape index (κ3) is 2.62. The molecular formula is C13H18N2O4. The van der Waals surface area contributed by atoms with Gasteiger partial charge in [-0.15, -0.1) is 0 Å². The van der Waals surface area contributed by atoms with E-state index in [1.807, 2.05) is 0 Å². The van der Waals surface area contributed by atoms with Gasteiger partial charge in [-0.25, -0.2) is 9.59 Å². The molecule has 1 saturated carbocycles. The van der Waals surface area contributed by atoms with Crippen molar-refractivity contribution in [3.05, 3.63) is 32.6 Å². The first-order chi connectivity index (χ1) is 8.90. The van der Waals surface area contributed by atoms with Crippen LogP contribution in [0.15, 0.2) is 15.8 Å². The maximum absolute atomic E-state index is 11.8. The molecule has 0 amide bonds. The Labute approximate surface area is 110 Å². The van der Waals surface area contributed by atoms with Gasteiger partial charge in [-0.3, -0.25) is 14.3 Å². The highest BCUT2D eigenvalue weighted by molar-refractivity contribution is 5.86. The summed E-state index contributed by atoms with van der Waals surface area (Å²) < 4.78 is 1.37. The lowest BCUT2D eigenvalue weighted by Gasteiger charge is -2.32. The first-order valence-electron chi connectivity index (χ1n) is 6.49. The number of aromatic carboxylic acids is 1. The van der Waals surface area contributed by atoms with Gasteiger partial charge in [0.05, 0.1) is 0 Å². The lowest BCUT2D eigenvalue weighted by Crippen LogP contribution is -2.37. The van der Waals surface area contributed by atoms with Crippen molar-refractivity contribution in [3.63, 3.8) is 0 Å².